The SMILES string of the molecule is CC(C)(C(N=[N+]=[N-])c1ccccc1)[Si](C)(C)OCC1CCCCC1. The van der Waals surface area contributed by atoms with Crippen LogP contribution in [-0.4, -0.2) is 14.9 Å². The Morgan fingerprint density at radius 3 is 2.42 bits per heavy atom. The van der Waals surface area contributed by atoms with Crippen molar-refractivity contribution in [3.05, 3.63) is 46.3 Å². The van der Waals surface area contributed by atoms with Gasteiger partial charge in [0, 0.05) is 11.5 Å². The Kier molecular flexibility index (Phi) is 6.50. The number of rotatable bonds is 7. The van der Waals surface area contributed by atoms with Gasteiger partial charge in [-0.2, -0.15) is 0 Å². The van der Waals surface area contributed by atoms with Crippen LogP contribution in [0.4, 0.5) is 0 Å². The number of benzene rings is 1. The molecule has 1 atom stereocenters. The molecule has 132 valence electrons. The lowest BCUT2D eigenvalue weighted by Gasteiger charge is -2.44. The molecule has 1 fully saturated rings. The average molecular weight is 346 g/mol. The van der Waals surface area contributed by atoms with Crippen LogP contribution in [0.15, 0.2) is 35.4 Å². The normalized spacial score (nSPS) is 18.0. The molecule has 24 heavy (non-hydrogen) atoms. The van der Waals surface area contributed by atoms with Crippen LogP contribution in [0.1, 0.15) is 57.6 Å². The van der Waals surface area contributed by atoms with Gasteiger partial charge in [0.2, 0.25) is 0 Å². The van der Waals surface area contributed by atoms with Crippen LogP contribution >= 0.6 is 0 Å². The molecular formula is C19H31N3OSi. The van der Waals surface area contributed by atoms with Crippen LogP contribution in [0.2, 0.25) is 18.1 Å². The van der Waals surface area contributed by atoms with E-state index in [1.54, 1.807) is 0 Å². The van der Waals surface area contributed by atoms with Gasteiger partial charge in [-0.25, -0.2) is 0 Å². The lowest BCUT2D eigenvalue weighted by atomic mass is 9.90. The largest absolute Gasteiger partial charge is 0.417 e. The van der Waals surface area contributed by atoms with Crippen molar-refractivity contribution < 1.29 is 4.43 Å². The molecule has 0 heterocycles. The van der Waals surface area contributed by atoms with Crippen molar-refractivity contribution in [2.24, 2.45) is 11.0 Å². The van der Waals surface area contributed by atoms with Crippen LogP contribution in [0.25, 0.3) is 10.4 Å². The Hall–Kier alpha value is -1.29. The minimum Gasteiger partial charge on any atom is -0.417 e. The summed E-state index contributed by atoms with van der Waals surface area (Å²) in [6.07, 6.45) is 6.64. The molecule has 0 spiro atoms. The van der Waals surface area contributed by atoms with E-state index in [4.69, 9.17) is 9.96 Å². The lowest BCUT2D eigenvalue weighted by Crippen LogP contribution is -2.46. The van der Waals surface area contributed by atoms with E-state index in [0.717, 1.165) is 12.2 Å². The van der Waals surface area contributed by atoms with Crippen LogP contribution in [-0.2, 0) is 4.43 Å². The predicted molar refractivity (Wildman–Crippen MR) is 102 cm³/mol. The van der Waals surface area contributed by atoms with E-state index in [-0.39, 0.29) is 11.1 Å². The Labute approximate surface area is 147 Å². The van der Waals surface area contributed by atoms with Crippen LogP contribution < -0.4 is 0 Å². The van der Waals surface area contributed by atoms with Crippen LogP contribution in [0.5, 0.6) is 0 Å². The molecule has 1 unspecified atom stereocenters. The van der Waals surface area contributed by atoms with Gasteiger partial charge in [0.25, 0.3) is 0 Å². The van der Waals surface area contributed by atoms with Crippen molar-refractivity contribution in [2.75, 3.05) is 6.61 Å². The molecule has 1 aromatic carbocycles. The van der Waals surface area contributed by atoms with Gasteiger partial charge in [-0.05, 0) is 48.0 Å². The van der Waals surface area contributed by atoms with E-state index in [2.05, 4.69) is 37.0 Å². The Morgan fingerprint density at radius 2 is 1.83 bits per heavy atom. The summed E-state index contributed by atoms with van der Waals surface area (Å²) in [4.78, 5) is 3.13. The number of hydrogen-bond donors (Lipinski definition) is 0. The predicted octanol–water partition coefficient (Wildman–Crippen LogP) is 6.62. The van der Waals surface area contributed by atoms with Gasteiger partial charge in [-0.3, -0.25) is 0 Å². The van der Waals surface area contributed by atoms with Gasteiger partial charge in [0.15, 0.2) is 8.32 Å². The van der Waals surface area contributed by atoms with E-state index >= 15 is 0 Å². The first kappa shape index (κ1) is 19.0. The van der Waals surface area contributed by atoms with Crippen molar-refractivity contribution in [1.29, 1.82) is 0 Å². The Balaban J connectivity index is 2.15. The second-order valence-corrected chi connectivity index (χ2v) is 12.7. The molecule has 1 aliphatic carbocycles. The summed E-state index contributed by atoms with van der Waals surface area (Å²) in [6.45, 7) is 9.79. The average Bonchev–Trinajstić information content (AvgIpc) is 2.59. The van der Waals surface area contributed by atoms with Gasteiger partial charge in [0.05, 0.1) is 6.04 Å². The standard InChI is InChI=1S/C19H31N3OSi/c1-19(2,18(21-22-20)17-13-9-6-10-14-17)24(3,4)23-15-16-11-7-5-8-12-16/h6,9-10,13-14,16,18H,5,7-8,11-12,15H2,1-4H3. The number of azide groups is 1. The summed E-state index contributed by atoms with van der Waals surface area (Å²) in [5.74, 6) is 0.705. The van der Waals surface area contributed by atoms with Crippen molar-refractivity contribution in [1.82, 2.24) is 0 Å². The maximum absolute atomic E-state index is 9.09. The molecule has 0 saturated heterocycles. The van der Waals surface area contributed by atoms with Crippen LogP contribution in [0.3, 0.4) is 0 Å². The molecule has 1 aromatic rings. The number of nitrogens with zero attached hydrogens (tertiary/aromatic N) is 3. The summed E-state index contributed by atoms with van der Waals surface area (Å²) in [6, 6.07) is 9.90. The first-order valence-corrected chi connectivity index (χ1v) is 12.0. The molecule has 0 aromatic heterocycles. The summed E-state index contributed by atoms with van der Waals surface area (Å²) in [5, 5.41) is 3.98. The van der Waals surface area contributed by atoms with E-state index in [1.165, 1.54) is 32.1 Å². The molecule has 4 nitrogen and oxygen atoms in total. The van der Waals surface area contributed by atoms with E-state index in [1.807, 2.05) is 30.3 Å². The Bertz CT molecular complexity index is 561. The third-order valence-electron chi connectivity index (χ3n) is 5.92. The fourth-order valence-electron chi connectivity index (χ4n) is 3.51. The molecule has 0 radical (unpaired) electrons. The minimum absolute atomic E-state index is 0.185. The second kappa shape index (κ2) is 8.19. The fraction of sp³-hybridized carbons (Fsp3) is 0.684. The molecule has 5 heteroatoms. The molecule has 0 amide bonds. The zero-order valence-electron chi connectivity index (χ0n) is 15.5. The second-order valence-electron chi connectivity index (χ2n) is 8.07. The maximum atomic E-state index is 9.09. The molecule has 1 aliphatic rings. The summed E-state index contributed by atoms with van der Waals surface area (Å²) >= 11 is 0. The highest BCUT2D eigenvalue weighted by atomic mass is 28.4. The minimum atomic E-state index is -2.06. The molecule has 2 rings (SSSR count). The first-order chi connectivity index (χ1) is 11.4. The van der Waals surface area contributed by atoms with Crippen molar-refractivity contribution in [3.63, 3.8) is 0 Å². The highest BCUT2D eigenvalue weighted by molar-refractivity contribution is 6.74. The third kappa shape index (κ3) is 4.41. The highest BCUT2D eigenvalue weighted by Crippen LogP contribution is 2.51. The van der Waals surface area contributed by atoms with Gasteiger partial charge in [-0.15, -0.1) is 0 Å². The van der Waals surface area contributed by atoms with Gasteiger partial charge in [0.1, 0.15) is 0 Å². The van der Waals surface area contributed by atoms with Gasteiger partial charge in [-0.1, -0.05) is 68.6 Å². The van der Waals surface area contributed by atoms with E-state index in [9.17, 15) is 0 Å². The van der Waals surface area contributed by atoms with Gasteiger partial charge < -0.3 is 4.43 Å². The van der Waals surface area contributed by atoms with Crippen molar-refractivity contribution in [3.8, 4) is 0 Å². The quantitative estimate of drug-likeness (QED) is 0.237. The molecule has 1 saturated carbocycles. The fourth-order valence-corrected chi connectivity index (χ4v) is 5.42. The highest BCUT2D eigenvalue weighted by Gasteiger charge is 2.47. The topological polar surface area (TPSA) is 58.0 Å². The van der Waals surface area contributed by atoms with Crippen LogP contribution in [0, 0.1) is 5.92 Å². The number of hydrogen-bond acceptors (Lipinski definition) is 2. The van der Waals surface area contributed by atoms with Gasteiger partial charge >= 0.3 is 0 Å². The summed E-state index contributed by atoms with van der Waals surface area (Å²) in [5.41, 5.74) is 10.2. The Morgan fingerprint density at radius 1 is 1.21 bits per heavy atom. The smallest absolute Gasteiger partial charge is 0.192 e. The monoisotopic (exact) mass is 345 g/mol. The first-order valence-electron chi connectivity index (χ1n) is 9.11. The maximum Gasteiger partial charge on any atom is 0.192 e. The van der Waals surface area contributed by atoms with Crippen molar-refractivity contribution >= 4 is 8.32 Å². The summed E-state index contributed by atoms with van der Waals surface area (Å²) < 4.78 is 6.54. The molecule has 0 aliphatic heterocycles. The summed E-state index contributed by atoms with van der Waals surface area (Å²) in [7, 11) is -2.06. The molecule has 0 bridgehead atoms. The van der Waals surface area contributed by atoms with Crippen molar-refractivity contribution in [2.45, 2.75) is 70.1 Å². The lowest BCUT2D eigenvalue weighted by molar-refractivity contribution is 0.188. The zero-order valence-corrected chi connectivity index (χ0v) is 16.5. The molecular weight excluding hydrogens is 314 g/mol. The zero-order chi connectivity index (χ0) is 17.6. The van der Waals surface area contributed by atoms with E-state index in [0.29, 0.717) is 5.92 Å². The van der Waals surface area contributed by atoms with E-state index < -0.39 is 8.32 Å². The third-order valence-corrected chi connectivity index (χ3v) is 10.2. The molecule has 0 N–H and O–H groups in total.